The zero-order chi connectivity index (χ0) is 24.4. The predicted octanol–water partition coefficient (Wildman–Crippen LogP) is 6.96. The maximum atomic E-state index is 12.5. The van der Waals surface area contributed by atoms with Crippen molar-refractivity contribution < 1.29 is 9.59 Å². The van der Waals surface area contributed by atoms with Crippen LogP contribution in [0.25, 0.3) is 22.4 Å². The predicted molar refractivity (Wildman–Crippen MR) is 141 cm³/mol. The summed E-state index contributed by atoms with van der Waals surface area (Å²) in [5.74, 6) is 0.441. The Bertz CT molecular complexity index is 1370. The number of carbonyl (C=O) groups excluding carboxylic acids is 2. The van der Waals surface area contributed by atoms with E-state index in [1.54, 1.807) is 18.2 Å². The van der Waals surface area contributed by atoms with Gasteiger partial charge in [-0.05, 0) is 73.5 Å². The molecule has 178 valence electrons. The highest BCUT2D eigenvalue weighted by Gasteiger charge is 2.33. The first-order valence-corrected chi connectivity index (χ1v) is 12.3. The number of rotatable bonds is 7. The lowest BCUT2D eigenvalue weighted by Crippen LogP contribution is -2.28. The van der Waals surface area contributed by atoms with Crippen LogP contribution in [0.2, 0.25) is 10.0 Å². The van der Waals surface area contributed by atoms with E-state index >= 15 is 0 Å². The average Bonchev–Trinajstić information content (AvgIpc) is 3.50. The average molecular weight is 507 g/mol. The van der Waals surface area contributed by atoms with Gasteiger partial charge in [0, 0.05) is 44.5 Å². The molecule has 0 spiro atoms. The fourth-order valence-electron chi connectivity index (χ4n) is 4.55. The highest BCUT2D eigenvalue weighted by Crippen LogP contribution is 2.36. The minimum Gasteiger partial charge on any atom is -0.384 e. The SMILES string of the molecule is O=CC1(CNc2ccc3nc(-c4ccc(NC(=O)c5cc(Cl)cc(Cl)c5)cc4)[nH]c3c2)CCCC1. The Morgan fingerprint density at radius 2 is 1.66 bits per heavy atom. The molecule has 0 atom stereocenters. The molecule has 0 bridgehead atoms. The van der Waals surface area contributed by atoms with Gasteiger partial charge in [-0.3, -0.25) is 4.79 Å². The van der Waals surface area contributed by atoms with E-state index in [1.807, 2.05) is 42.5 Å². The fourth-order valence-corrected chi connectivity index (χ4v) is 5.08. The summed E-state index contributed by atoms with van der Waals surface area (Å²) in [6.07, 6.45) is 5.24. The van der Waals surface area contributed by atoms with Crippen LogP contribution in [0.3, 0.4) is 0 Å². The van der Waals surface area contributed by atoms with Crippen LogP contribution in [-0.2, 0) is 4.79 Å². The van der Waals surface area contributed by atoms with Crippen LogP contribution < -0.4 is 10.6 Å². The Balaban J connectivity index is 1.28. The van der Waals surface area contributed by atoms with Gasteiger partial charge in [-0.2, -0.15) is 0 Å². The number of halogens is 2. The van der Waals surface area contributed by atoms with Gasteiger partial charge in [-0.15, -0.1) is 0 Å². The summed E-state index contributed by atoms with van der Waals surface area (Å²) in [6, 6.07) is 18.1. The van der Waals surface area contributed by atoms with Crippen molar-refractivity contribution in [2.24, 2.45) is 5.41 Å². The van der Waals surface area contributed by atoms with Crippen molar-refractivity contribution in [3.8, 4) is 11.4 Å². The molecule has 0 saturated heterocycles. The van der Waals surface area contributed by atoms with Gasteiger partial charge in [-0.25, -0.2) is 4.98 Å². The van der Waals surface area contributed by atoms with Crippen LogP contribution in [0.1, 0.15) is 36.0 Å². The van der Waals surface area contributed by atoms with Gasteiger partial charge in [0.05, 0.1) is 11.0 Å². The number of aromatic amines is 1. The second-order valence-corrected chi connectivity index (χ2v) is 9.92. The summed E-state index contributed by atoms with van der Waals surface area (Å²) >= 11 is 12.0. The lowest BCUT2D eigenvalue weighted by Gasteiger charge is -2.22. The van der Waals surface area contributed by atoms with Gasteiger partial charge in [-0.1, -0.05) is 36.0 Å². The molecule has 4 aromatic rings. The lowest BCUT2D eigenvalue weighted by atomic mass is 9.88. The molecule has 0 unspecified atom stereocenters. The molecule has 1 heterocycles. The highest BCUT2D eigenvalue weighted by molar-refractivity contribution is 6.35. The zero-order valence-electron chi connectivity index (χ0n) is 18.9. The maximum absolute atomic E-state index is 12.5. The molecular weight excluding hydrogens is 483 g/mol. The molecule has 1 saturated carbocycles. The van der Waals surface area contributed by atoms with E-state index in [1.165, 1.54) is 0 Å². The first kappa shape index (κ1) is 23.4. The third kappa shape index (κ3) is 5.19. The largest absolute Gasteiger partial charge is 0.384 e. The molecular formula is C27H24Cl2N4O2. The molecule has 35 heavy (non-hydrogen) atoms. The molecule has 1 aromatic heterocycles. The number of nitrogens with zero attached hydrogens (tertiary/aromatic N) is 1. The molecule has 0 aliphatic heterocycles. The van der Waals surface area contributed by atoms with Gasteiger partial charge in [0.2, 0.25) is 0 Å². The Labute approximate surface area is 213 Å². The molecule has 0 radical (unpaired) electrons. The summed E-state index contributed by atoms with van der Waals surface area (Å²) in [4.78, 5) is 32.2. The molecule has 5 rings (SSSR count). The van der Waals surface area contributed by atoms with E-state index in [2.05, 4.69) is 15.6 Å². The molecule has 3 N–H and O–H groups in total. The molecule has 1 aliphatic carbocycles. The van der Waals surface area contributed by atoms with Crippen LogP contribution >= 0.6 is 23.2 Å². The molecule has 8 heteroatoms. The number of H-pyrrole nitrogens is 1. The number of imidazole rings is 1. The lowest BCUT2D eigenvalue weighted by molar-refractivity contribution is -0.115. The summed E-state index contributed by atoms with van der Waals surface area (Å²) in [7, 11) is 0. The Morgan fingerprint density at radius 3 is 2.34 bits per heavy atom. The van der Waals surface area contributed by atoms with Gasteiger partial charge in [0.25, 0.3) is 5.91 Å². The second kappa shape index (κ2) is 9.72. The summed E-state index contributed by atoms with van der Waals surface area (Å²) in [6.45, 7) is 0.650. The number of carbonyl (C=O) groups is 2. The summed E-state index contributed by atoms with van der Waals surface area (Å²) in [5.41, 5.74) is 4.40. The van der Waals surface area contributed by atoms with Crippen LogP contribution in [0.5, 0.6) is 0 Å². The number of benzene rings is 3. The van der Waals surface area contributed by atoms with E-state index in [0.717, 1.165) is 60.1 Å². The molecule has 1 aliphatic rings. The van der Waals surface area contributed by atoms with Crippen molar-refractivity contribution in [1.29, 1.82) is 0 Å². The smallest absolute Gasteiger partial charge is 0.255 e. The Morgan fingerprint density at radius 1 is 0.971 bits per heavy atom. The zero-order valence-corrected chi connectivity index (χ0v) is 20.4. The molecule has 1 fully saturated rings. The quantitative estimate of drug-likeness (QED) is 0.236. The minimum absolute atomic E-state index is 0.246. The van der Waals surface area contributed by atoms with E-state index in [-0.39, 0.29) is 11.3 Å². The van der Waals surface area contributed by atoms with Crippen LogP contribution in [0.15, 0.2) is 60.7 Å². The number of fused-ring (bicyclic) bond motifs is 1. The summed E-state index contributed by atoms with van der Waals surface area (Å²) in [5, 5.41) is 7.09. The van der Waals surface area contributed by atoms with E-state index in [4.69, 9.17) is 28.2 Å². The van der Waals surface area contributed by atoms with Crippen LogP contribution in [0.4, 0.5) is 11.4 Å². The number of amides is 1. The number of aromatic nitrogens is 2. The number of nitrogens with one attached hydrogen (secondary N) is 3. The number of aldehydes is 1. The van der Waals surface area contributed by atoms with Crippen LogP contribution in [0, 0.1) is 5.41 Å². The van der Waals surface area contributed by atoms with Gasteiger partial charge < -0.3 is 20.4 Å². The number of anilines is 2. The van der Waals surface area contributed by atoms with Crippen molar-refractivity contribution in [1.82, 2.24) is 9.97 Å². The van der Waals surface area contributed by atoms with Crippen molar-refractivity contribution >= 4 is 57.8 Å². The third-order valence-corrected chi connectivity index (χ3v) is 6.95. The van der Waals surface area contributed by atoms with Crippen molar-refractivity contribution in [2.75, 3.05) is 17.2 Å². The van der Waals surface area contributed by atoms with Crippen molar-refractivity contribution in [3.05, 3.63) is 76.3 Å². The normalized spacial score (nSPS) is 14.7. The Kier molecular flexibility index (Phi) is 6.50. The van der Waals surface area contributed by atoms with E-state index in [9.17, 15) is 9.59 Å². The Hall–Kier alpha value is -3.35. The molecule has 1 amide bonds. The summed E-state index contributed by atoms with van der Waals surface area (Å²) < 4.78 is 0. The number of hydrogen-bond acceptors (Lipinski definition) is 4. The number of hydrogen-bond donors (Lipinski definition) is 3. The first-order valence-electron chi connectivity index (χ1n) is 11.5. The molecule has 6 nitrogen and oxygen atoms in total. The topological polar surface area (TPSA) is 86.9 Å². The molecule has 3 aromatic carbocycles. The maximum Gasteiger partial charge on any atom is 0.255 e. The monoisotopic (exact) mass is 506 g/mol. The van der Waals surface area contributed by atoms with Gasteiger partial charge in [0.1, 0.15) is 12.1 Å². The standard InChI is InChI=1S/C27H24Cl2N4O2/c28-19-11-18(12-20(29)13-19)26(35)31-21-5-3-17(4-6-21)25-32-23-8-7-22(14-24(23)33-25)30-15-27(16-34)9-1-2-10-27/h3-8,11-14,16,30H,1-2,9-10,15H2,(H,31,35)(H,32,33). The van der Waals surface area contributed by atoms with E-state index < -0.39 is 0 Å². The van der Waals surface area contributed by atoms with Crippen molar-refractivity contribution in [2.45, 2.75) is 25.7 Å². The van der Waals surface area contributed by atoms with Gasteiger partial charge in [0.15, 0.2) is 0 Å². The highest BCUT2D eigenvalue weighted by atomic mass is 35.5. The van der Waals surface area contributed by atoms with Crippen molar-refractivity contribution in [3.63, 3.8) is 0 Å². The van der Waals surface area contributed by atoms with Gasteiger partial charge >= 0.3 is 0 Å². The minimum atomic E-state index is -0.292. The third-order valence-electron chi connectivity index (χ3n) is 6.52. The van der Waals surface area contributed by atoms with Crippen LogP contribution in [-0.4, -0.2) is 28.7 Å². The first-order chi connectivity index (χ1) is 16.9. The fraction of sp³-hybridized carbons (Fsp3) is 0.222. The second-order valence-electron chi connectivity index (χ2n) is 9.05. The van der Waals surface area contributed by atoms with E-state index in [0.29, 0.717) is 27.8 Å².